The van der Waals surface area contributed by atoms with Crippen molar-refractivity contribution in [2.45, 2.75) is 44.2 Å². The molecule has 0 saturated carbocycles. The van der Waals surface area contributed by atoms with Gasteiger partial charge < -0.3 is 19.5 Å². The van der Waals surface area contributed by atoms with Crippen LogP contribution >= 0.6 is 0 Å². The Labute approximate surface area is 182 Å². The Morgan fingerprint density at radius 3 is 2.87 bits per heavy atom. The molecule has 3 aromatic rings. The lowest BCUT2D eigenvalue weighted by molar-refractivity contribution is -0.123. The average molecular weight is 420 g/mol. The van der Waals surface area contributed by atoms with Crippen LogP contribution in [0, 0.1) is 0 Å². The van der Waals surface area contributed by atoms with Gasteiger partial charge in [0.15, 0.2) is 5.58 Å². The number of rotatable bonds is 6. The zero-order chi connectivity index (χ0) is 21.0. The standard InChI is InChI=1S/C24H29N5O2/c30-23(26-19-12-16-28(17-19)15-11-18-7-3-5-13-25-18)21-9-4-6-14-29(21)24-27-20-8-1-2-10-22(20)31-24/h1-3,5,7-8,10,13,19,21H,4,6,9,11-12,14-17H2,(H,26,30)/t19-,21-/m0/s1. The summed E-state index contributed by atoms with van der Waals surface area (Å²) >= 11 is 0. The van der Waals surface area contributed by atoms with Crippen LogP contribution in [0.5, 0.6) is 0 Å². The van der Waals surface area contributed by atoms with Gasteiger partial charge in [-0.05, 0) is 49.9 Å². The number of aromatic nitrogens is 2. The molecule has 2 aliphatic heterocycles. The Morgan fingerprint density at radius 1 is 1.10 bits per heavy atom. The van der Waals surface area contributed by atoms with Gasteiger partial charge in [-0.3, -0.25) is 9.78 Å². The van der Waals surface area contributed by atoms with Crippen LogP contribution in [-0.2, 0) is 11.2 Å². The minimum absolute atomic E-state index is 0.0959. The van der Waals surface area contributed by atoms with Crippen molar-refractivity contribution in [1.29, 1.82) is 0 Å². The average Bonchev–Trinajstić information content (AvgIpc) is 3.45. The molecule has 1 aromatic carbocycles. The zero-order valence-corrected chi connectivity index (χ0v) is 17.7. The van der Waals surface area contributed by atoms with E-state index in [-0.39, 0.29) is 18.0 Å². The van der Waals surface area contributed by atoms with Crippen molar-refractivity contribution in [1.82, 2.24) is 20.2 Å². The predicted molar refractivity (Wildman–Crippen MR) is 120 cm³/mol. The number of amides is 1. The summed E-state index contributed by atoms with van der Waals surface area (Å²) in [4.78, 5) is 26.7. The van der Waals surface area contributed by atoms with E-state index in [1.807, 2.05) is 47.5 Å². The van der Waals surface area contributed by atoms with E-state index in [1.54, 1.807) is 0 Å². The Balaban J connectivity index is 1.19. The molecule has 1 amide bonds. The number of anilines is 1. The Hall–Kier alpha value is -2.93. The number of benzene rings is 1. The molecule has 2 aromatic heterocycles. The van der Waals surface area contributed by atoms with Crippen LogP contribution < -0.4 is 10.2 Å². The van der Waals surface area contributed by atoms with Crippen molar-refractivity contribution < 1.29 is 9.21 Å². The largest absolute Gasteiger partial charge is 0.423 e. The highest BCUT2D eigenvalue weighted by molar-refractivity contribution is 5.85. The summed E-state index contributed by atoms with van der Waals surface area (Å²) in [5.41, 5.74) is 2.72. The van der Waals surface area contributed by atoms with Gasteiger partial charge >= 0.3 is 0 Å². The Morgan fingerprint density at radius 2 is 2.00 bits per heavy atom. The highest BCUT2D eigenvalue weighted by Crippen LogP contribution is 2.28. The first-order valence-corrected chi connectivity index (χ1v) is 11.3. The smallest absolute Gasteiger partial charge is 0.299 e. The molecule has 1 N–H and O–H groups in total. The summed E-state index contributed by atoms with van der Waals surface area (Å²) in [6, 6.07) is 14.3. The molecule has 2 saturated heterocycles. The number of para-hydroxylation sites is 2. The molecule has 2 atom stereocenters. The monoisotopic (exact) mass is 419 g/mol. The second-order valence-corrected chi connectivity index (χ2v) is 8.54. The van der Waals surface area contributed by atoms with Gasteiger partial charge in [-0.2, -0.15) is 4.98 Å². The molecule has 2 aliphatic rings. The quantitative estimate of drug-likeness (QED) is 0.662. The summed E-state index contributed by atoms with van der Waals surface area (Å²) in [5.74, 6) is 0.0959. The first-order chi connectivity index (χ1) is 15.3. The molecular weight excluding hydrogens is 390 g/mol. The topological polar surface area (TPSA) is 74.5 Å². The van der Waals surface area contributed by atoms with Gasteiger partial charge in [0.2, 0.25) is 5.91 Å². The van der Waals surface area contributed by atoms with Gasteiger partial charge in [-0.25, -0.2) is 0 Å². The number of fused-ring (bicyclic) bond motifs is 1. The van der Waals surface area contributed by atoms with Crippen molar-refractivity contribution in [3.63, 3.8) is 0 Å². The number of likely N-dealkylation sites (tertiary alicyclic amines) is 1. The molecule has 0 aliphatic carbocycles. The molecule has 2 fully saturated rings. The van der Waals surface area contributed by atoms with E-state index in [2.05, 4.69) is 26.3 Å². The first-order valence-electron chi connectivity index (χ1n) is 11.3. The summed E-state index contributed by atoms with van der Waals surface area (Å²) in [6.07, 6.45) is 6.71. The van der Waals surface area contributed by atoms with E-state index in [9.17, 15) is 4.79 Å². The molecule has 0 spiro atoms. The molecule has 7 heteroatoms. The van der Waals surface area contributed by atoms with Gasteiger partial charge in [0.25, 0.3) is 6.01 Å². The lowest BCUT2D eigenvalue weighted by Gasteiger charge is -2.34. The summed E-state index contributed by atoms with van der Waals surface area (Å²) in [7, 11) is 0. The maximum Gasteiger partial charge on any atom is 0.299 e. The first kappa shape index (κ1) is 20.0. The minimum atomic E-state index is -0.218. The lowest BCUT2D eigenvalue weighted by Crippen LogP contribution is -2.52. The number of pyridine rings is 1. The Bertz CT molecular complexity index is 988. The van der Waals surface area contributed by atoms with Gasteiger partial charge in [0.05, 0.1) is 0 Å². The Kier molecular flexibility index (Phi) is 5.84. The van der Waals surface area contributed by atoms with Crippen LogP contribution in [-0.4, -0.2) is 59.0 Å². The molecule has 0 bridgehead atoms. The van der Waals surface area contributed by atoms with E-state index in [0.717, 1.165) is 75.1 Å². The van der Waals surface area contributed by atoms with E-state index < -0.39 is 0 Å². The third-order valence-electron chi connectivity index (χ3n) is 6.36. The number of nitrogens with one attached hydrogen (secondary N) is 1. The fraction of sp³-hybridized carbons (Fsp3) is 0.458. The van der Waals surface area contributed by atoms with E-state index in [0.29, 0.717) is 6.01 Å². The van der Waals surface area contributed by atoms with Crippen LogP contribution in [0.25, 0.3) is 11.1 Å². The molecule has 0 radical (unpaired) electrons. The van der Waals surface area contributed by atoms with Crippen LogP contribution in [0.15, 0.2) is 53.1 Å². The van der Waals surface area contributed by atoms with Crippen LogP contribution in [0.3, 0.4) is 0 Å². The summed E-state index contributed by atoms with van der Waals surface area (Å²) in [5, 5.41) is 3.30. The lowest BCUT2D eigenvalue weighted by atomic mass is 10.0. The number of nitrogens with zero attached hydrogens (tertiary/aromatic N) is 4. The van der Waals surface area contributed by atoms with E-state index in [1.165, 1.54) is 0 Å². The van der Waals surface area contributed by atoms with Crippen LogP contribution in [0.2, 0.25) is 0 Å². The summed E-state index contributed by atoms with van der Waals surface area (Å²) in [6.45, 7) is 3.68. The van der Waals surface area contributed by atoms with Crippen molar-refractivity contribution >= 4 is 23.0 Å². The third-order valence-corrected chi connectivity index (χ3v) is 6.36. The fourth-order valence-corrected chi connectivity index (χ4v) is 4.69. The summed E-state index contributed by atoms with van der Waals surface area (Å²) < 4.78 is 5.97. The van der Waals surface area contributed by atoms with Gasteiger partial charge in [0, 0.05) is 50.5 Å². The maximum absolute atomic E-state index is 13.2. The highest BCUT2D eigenvalue weighted by atomic mass is 16.4. The number of hydrogen-bond acceptors (Lipinski definition) is 6. The fourth-order valence-electron chi connectivity index (χ4n) is 4.69. The molecule has 5 rings (SSSR count). The predicted octanol–water partition coefficient (Wildman–Crippen LogP) is 3.01. The normalized spacial score (nSPS) is 22.1. The van der Waals surface area contributed by atoms with Gasteiger partial charge in [0.1, 0.15) is 11.6 Å². The van der Waals surface area contributed by atoms with Crippen molar-refractivity contribution in [3.05, 3.63) is 54.4 Å². The molecule has 7 nitrogen and oxygen atoms in total. The SMILES string of the molecule is O=C(N[C@H]1CCN(CCc2ccccn2)C1)[C@@H]1CCCCN1c1nc2ccccc2o1. The van der Waals surface area contributed by atoms with Gasteiger partial charge in [-0.1, -0.05) is 18.2 Å². The number of hydrogen-bond donors (Lipinski definition) is 1. The molecule has 0 unspecified atom stereocenters. The molecule has 31 heavy (non-hydrogen) atoms. The van der Waals surface area contributed by atoms with E-state index >= 15 is 0 Å². The highest BCUT2D eigenvalue weighted by Gasteiger charge is 2.34. The van der Waals surface area contributed by atoms with Crippen molar-refractivity contribution in [3.8, 4) is 0 Å². The molecular formula is C24H29N5O2. The second kappa shape index (κ2) is 9.06. The van der Waals surface area contributed by atoms with Crippen LogP contribution in [0.1, 0.15) is 31.4 Å². The number of carbonyl (C=O) groups is 1. The number of piperidine rings is 1. The number of carbonyl (C=O) groups excluding carboxylic acids is 1. The maximum atomic E-state index is 13.2. The molecule has 4 heterocycles. The zero-order valence-electron chi connectivity index (χ0n) is 17.7. The second-order valence-electron chi connectivity index (χ2n) is 8.54. The third kappa shape index (κ3) is 4.56. The van der Waals surface area contributed by atoms with Crippen molar-refractivity contribution in [2.24, 2.45) is 0 Å². The van der Waals surface area contributed by atoms with Crippen molar-refractivity contribution in [2.75, 3.05) is 31.1 Å². The van der Waals surface area contributed by atoms with Crippen LogP contribution in [0.4, 0.5) is 6.01 Å². The minimum Gasteiger partial charge on any atom is -0.423 e. The van der Waals surface area contributed by atoms with E-state index in [4.69, 9.17) is 4.42 Å². The van der Waals surface area contributed by atoms with Gasteiger partial charge in [-0.15, -0.1) is 0 Å². The number of oxazole rings is 1. The molecule has 162 valence electrons.